The van der Waals surface area contributed by atoms with Crippen molar-refractivity contribution in [2.75, 3.05) is 6.61 Å². The normalized spacial score (nSPS) is 16.2. The van der Waals surface area contributed by atoms with E-state index in [2.05, 4.69) is 15.3 Å². The molecule has 1 aromatic carbocycles. The van der Waals surface area contributed by atoms with Gasteiger partial charge >= 0.3 is 0 Å². The summed E-state index contributed by atoms with van der Waals surface area (Å²) < 4.78 is 5.61. The average Bonchev–Trinajstić information content (AvgIpc) is 2.55. The maximum Gasteiger partial charge on any atom is 0.258 e. The van der Waals surface area contributed by atoms with Crippen LogP contribution >= 0.6 is 23.2 Å². The summed E-state index contributed by atoms with van der Waals surface area (Å²) in [7, 11) is 0. The van der Waals surface area contributed by atoms with Crippen LogP contribution in [0.1, 0.15) is 44.9 Å². The predicted octanol–water partition coefficient (Wildman–Crippen LogP) is 4.54. The van der Waals surface area contributed by atoms with E-state index in [0.29, 0.717) is 26.8 Å². The lowest BCUT2D eigenvalue weighted by Gasteiger charge is -2.21. The zero-order valence-corrected chi connectivity index (χ0v) is 15.4. The molecule has 0 atom stereocenters. The summed E-state index contributed by atoms with van der Waals surface area (Å²) in [5, 5.41) is 4.56. The van der Waals surface area contributed by atoms with Gasteiger partial charge in [-0.05, 0) is 25.0 Å². The minimum Gasteiger partial charge on any atom is -0.467 e. The summed E-state index contributed by atoms with van der Waals surface area (Å²) >= 11 is 12.2. The number of halogens is 2. The van der Waals surface area contributed by atoms with Gasteiger partial charge in [0.2, 0.25) is 5.88 Å². The van der Waals surface area contributed by atoms with Gasteiger partial charge in [-0.25, -0.2) is 9.97 Å². The minimum atomic E-state index is -0.134. The van der Waals surface area contributed by atoms with Crippen molar-refractivity contribution in [2.45, 2.75) is 51.0 Å². The zero-order valence-electron chi connectivity index (χ0n) is 13.9. The van der Waals surface area contributed by atoms with E-state index in [-0.39, 0.29) is 18.6 Å². The number of aromatic nitrogens is 2. The fourth-order valence-electron chi connectivity index (χ4n) is 3.19. The molecule has 1 heterocycles. The van der Waals surface area contributed by atoms with Crippen molar-refractivity contribution in [1.29, 1.82) is 0 Å². The molecule has 1 N–H and O–H groups in total. The zero-order chi connectivity index (χ0) is 17.6. The molecule has 0 bridgehead atoms. The predicted molar refractivity (Wildman–Crippen MR) is 99.3 cm³/mol. The van der Waals surface area contributed by atoms with Gasteiger partial charge < -0.3 is 10.1 Å². The van der Waals surface area contributed by atoms with E-state index in [1.807, 2.05) is 0 Å². The second kappa shape index (κ2) is 8.68. The molecule has 2 aromatic rings. The second-order valence-corrected chi connectivity index (χ2v) is 7.20. The number of benzene rings is 1. The highest BCUT2D eigenvalue weighted by molar-refractivity contribution is 6.38. The van der Waals surface area contributed by atoms with Crippen molar-refractivity contribution in [3.8, 4) is 5.88 Å². The number of ether oxygens (including phenoxy) is 1. The lowest BCUT2D eigenvalue weighted by atomic mass is 9.97. The third kappa shape index (κ3) is 4.95. The van der Waals surface area contributed by atoms with Crippen molar-refractivity contribution in [3.63, 3.8) is 0 Å². The van der Waals surface area contributed by atoms with E-state index in [4.69, 9.17) is 27.9 Å². The fourth-order valence-corrected chi connectivity index (χ4v) is 3.73. The topological polar surface area (TPSA) is 64.1 Å². The number of nitrogens with zero attached hydrogens (tertiary/aromatic N) is 2. The highest BCUT2D eigenvalue weighted by atomic mass is 35.5. The molecule has 134 valence electrons. The Balaban J connectivity index is 1.63. The molecule has 0 saturated heterocycles. The Bertz CT molecular complexity index is 746. The Labute approximate surface area is 157 Å². The number of carbonyl (C=O) groups is 1. The van der Waals surface area contributed by atoms with Crippen molar-refractivity contribution in [3.05, 3.63) is 28.5 Å². The van der Waals surface area contributed by atoms with Gasteiger partial charge in [0, 0.05) is 11.1 Å². The van der Waals surface area contributed by atoms with E-state index >= 15 is 0 Å². The van der Waals surface area contributed by atoms with Crippen LogP contribution in [-0.4, -0.2) is 28.5 Å². The van der Waals surface area contributed by atoms with Gasteiger partial charge in [-0.3, -0.25) is 4.79 Å². The molecule has 0 aliphatic heterocycles. The Hall–Kier alpha value is -1.59. The Morgan fingerprint density at radius 1 is 1.12 bits per heavy atom. The van der Waals surface area contributed by atoms with Gasteiger partial charge in [-0.1, -0.05) is 55.3 Å². The average molecular weight is 382 g/mol. The number of hydrogen-bond acceptors (Lipinski definition) is 4. The molecule has 7 heteroatoms. The van der Waals surface area contributed by atoms with Crippen LogP contribution in [0, 0.1) is 0 Å². The van der Waals surface area contributed by atoms with Crippen molar-refractivity contribution in [1.82, 2.24) is 15.3 Å². The number of amides is 1. The summed E-state index contributed by atoms with van der Waals surface area (Å²) in [4.78, 5) is 20.5. The quantitative estimate of drug-likeness (QED) is 0.843. The standard InChI is InChI=1S/C18H21Cl2N3O2/c19-12-8-14-17(15(20)9-12)21-11-22-18(14)25-10-16(24)23-13-6-4-2-1-3-5-7-13/h8-9,11,13H,1-7,10H2,(H,23,24). The smallest absolute Gasteiger partial charge is 0.258 e. The summed E-state index contributed by atoms with van der Waals surface area (Å²) in [5.41, 5.74) is 0.552. The lowest BCUT2D eigenvalue weighted by Crippen LogP contribution is -2.38. The Morgan fingerprint density at radius 3 is 2.60 bits per heavy atom. The number of carbonyl (C=O) groups excluding carboxylic acids is 1. The summed E-state index contributed by atoms with van der Waals surface area (Å²) in [6.07, 6.45) is 9.56. The van der Waals surface area contributed by atoms with Crippen LogP contribution in [0.25, 0.3) is 10.9 Å². The molecule has 0 unspecified atom stereocenters. The molecule has 1 saturated carbocycles. The SMILES string of the molecule is O=C(COc1ncnc2c(Cl)cc(Cl)cc12)NC1CCCCCCC1. The van der Waals surface area contributed by atoms with Crippen LogP contribution in [0.3, 0.4) is 0 Å². The number of fused-ring (bicyclic) bond motifs is 1. The number of nitrogens with one attached hydrogen (secondary N) is 1. The highest BCUT2D eigenvalue weighted by Gasteiger charge is 2.16. The van der Waals surface area contributed by atoms with Crippen LogP contribution in [0.15, 0.2) is 18.5 Å². The maximum atomic E-state index is 12.2. The van der Waals surface area contributed by atoms with E-state index in [1.165, 1.54) is 38.4 Å². The molecule has 1 amide bonds. The summed E-state index contributed by atoms with van der Waals surface area (Å²) in [6, 6.07) is 3.54. The molecule has 1 fully saturated rings. The molecule has 0 spiro atoms. The molecular weight excluding hydrogens is 361 g/mol. The van der Waals surface area contributed by atoms with Gasteiger partial charge in [0.05, 0.1) is 15.9 Å². The largest absolute Gasteiger partial charge is 0.467 e. The van der Waals surface area contributed by atoms with Crippen LogP contribution in [0.5, 0.6) is 5.88 Å². The van der Waals surface area contributed by atoms with Gasteiger partial charge in [-0.2, -0.15) is 0 Å². The third-order valence-electron chi connectivity index (χ3n) is 4.43. The summed E-state index contributed by atoms with van der Waals surface area (Å²) in [6.45, 7) is -0.0905. The molecule has 1 aliphatic rings. The molecule has 1 aromatic heterocycles. The molecule has 3 rings (SSSR count). The molecule has 1 aliphatic carbocycles. The van der Waals surface area contributed by atoms with Gasteiger partial charge in [0.15, 0.2) is 6.61 Å². The monoisotopic (exact) mass is 381 g/mol. The molecular formula is C18H21Cl2N3O2. The highest BCUT2D eigenvalue weighted by Crippen LogP contribution is 2.30. The van der Waals surface area contributed by atoms with Crippen molar-refractivity contribution < 1.29 is 9.53 Å². The van der Waals surface area contributed by atoms with Crippen LogP contribution in [0.4, 0.5) is 0 Å². The van der Waals surface area contributed by atoms with Crippen molar-refractivity contribution >= 4 is 40.0 Å². The molecule has 25 heavy (non-hydrogen) atoms. The lowest BCUT2D eigenvalue weighted by molar-refractivity contribution is -0.124. The van der Waals surface area contributed by atoms with Crippen LogP contribution in [-0.2, 0) is 4.79 Å². The first-order chi connectivity index (χ1) is 12.1. The van der Waals surface area contributed by atoms with Gasteiger partial charge in [0.1, 0.15) is 6.33 Å². The number of rotatable bonds is 4. The maximum absolute atomic E-state index is 12.2. The van der Waals surface area contributed by atoms with Gasteiger partial charge in [0.25, 0.3) is 5.91 Å². The first-order valence-corrected chi connectivity index (χ1v) is 9.41. The fraction of sp³-hybridized carbons (Fsp3) is 0.500. The first kappa shape index (κ1) is 18.2. The van der Waals surface area contributed by atoms with E-state index in [1.54, 1.807) is 12.1 Å². The third-order valence-corrected chi connectivity index (χ3v) is 4.94. The molecule has 5 nitrogen and oxygen atoms in total. The number of hydrogen-bond donors (Lipinski definition) is 1. The van der Waals surface area contributed by atoms with E-state index < -0.39 is 0 Å². The van der Waals surface area contributed by atoms with E-state index in [9.17, 15) is 4.79 Å². The second-order valence-electron chi connectivity index (χ2n) is 6.36. The minimum absolute atomic E-state index is 0.0905. The first-order valence-electron chi connectivity index (χ1n) is 8.65. The van der Waals surface area contributed by atoms with E-state index in [0.717, 1.165) is 12.8 Å². The summed E-state index contributed by atoms with van der Waals surface area (Å²) in [5.74, 6) is 0.174. The van der Waals surface area contributed by atoms with Crippen LogP contribution < -0.4 is 10.1 Å². The Kier molecular flexibility index (Phi) is 6.32. The Morgan fingerprint density at radius 2 is 1.84 bits per heavy atom. The van der Waals surface area contributed by atoms with Gasteiger partial charge in [-0.15, -0.1) is 0 Å². The van der Waals surface area contributed by atoms with Crippen molar-refractivity contribution in [2.24, 2.45) is 0 Å². The molecule has 0 radical (unpaired) electrons. The van der Waals surface area contributed by atoms with Crippen LogP contribution in [0.2, 0.25) is 10.0 Å².